The molecule has 0 bridgehead atoms. The summed E-state index contributed by atoms with van der Waals surface area (Å²) in [5, 5.41) is 0. The highest BCUT2D eigenvalue weighted by Crippen LogP contribution is 2.20. The maximum absolute atomic E-state index is 12.3. The van der Waals surface area contributed by atoms with Gasteiger partial charge >= 0.3 is 12.1 Å². The van der Waals surface area contributed by atoms with Crippen molar-refractivity contribution < 1.29 is 22.7 Å². The number of carbonyl (C=O) groups is 1. The molecule has 3 nitrogen and oxygen atoms in total. The van der Waals surface area contributed by atoms with Gasteiger partial charge in [-0.25, -0.2) is 0 Å². The minimum absolute atomic E-state index is 0.00434. The fraction of sp³-hybridized carbons (Fsp3) is 0.417. The van der Waals surface area contributed by atoms with E-state index in [1.807, 2.05) is 0 Å². The van der Waals surface area contributed by atoms with Crippen molar-refractivity contribution in [3.8, 4) is 5.75 Å². The lowest BCUT2D eigenvalue weighted by molar-refractivity contribution is -0.185. The van der Waals surface area contributed by atoms with Gasteiger partial charge in [0.1, 0.15) is 5.75 Å². The molecule has 18 heavy (non-hydrogen) atoms. The van der Waals surface area contributed by atoms with Crippen molar-refractivity contribution in [1.29, 1.82) is 0 Å². The van der Waals surface area contributed by atoms with Gasteiger partial charge in [0.25, 0.3) is 0 Å². The molecule has 0 radical (unpaired) electrons. The Kier molecular flexibility index (Phi) is 4.58. The number of halogens is 3. The van der Waals surface area contributed by atoms with Crippen LogP contribution in [0.2, 0.25) is 0 Å². The summed E-state index contributed by atoms with van der Waals surface area (Å²) in [6, 6.07) is 6.54. The normalized spacial score (nSPS) is 11.2. The van der Waals surface area contributed by atoms with Crippen LogP contribution in [0.4, 0.5) is 13.2 Å². The maximum Gasteiger partial charge on any atom is 0.471 e. The van der Waals surface area contributed by atoms with E-state index in [1.54, 1.807) is 24.3 Å². The molecule has 0 saturated heterocycles. The van der Waals surface area contributed by atoms with Crippen molar-refractivity contribution in [2.24, 2.45) is 0 Å². The largest absolute Gasteiger partial charge is 0.497 e. The number of ether oxygens (including phenoxy) is 1. The predicted octanol–water partition coefficient (Wildman–Crippen LogP) is 2.61. The van der Waals surface area contributed by atoms with Gasteiger partial charge < -0.3 is 9.64 Å². The van der Waals surface area contributed by atoms with Gasteiger partial charge in [-0.1, -0.05) is 12.1 Å². The Hall–Kier alpha value is -1.72. The molecule has 0 spiro atoms. The zero-order valence-corrected chi connectivity index (χ0v) is 10.1. The Bertz CT molecular complexity index is 401. The third-order valence-corrected chi connectivity index (χ3v) is 2.44. The smallest absolute Gasteiger partial charge is 0.471 e. The summed E-state index contributed by atoms with van der Waals surface area (Å²) in [6.45, 7) is 1.44. The van der Waals surface area contributed by atoms with Crippen LogP contribution in [-0.2, 0) is 11.3 Å². The molecule has 1 amide bonds. The molecule has 100 valence electrons. The van der Waals surface area contributed by atoms with E-state index < -0.39 is 12.1 Å². The second kappa shape index (κ2) is 5.75. The van der Waals surface area contributed by atoms with Gasteiger partial charge in [-0.2, -0.15) is 13.2 Å². The van der Waals surface area contributed by atoms with E-state index in [9.17, 15) is 18.0 Å². The summed E-state index contributed by atoms with van der Waals surface area (Å²) in [4.78, 5) is 11.9. The SMILES string of the molecule is CCN(Cc1ccc(OC)cc1)C(=O)C(F)(F)F. The average molecular weight is 261 g/mol. The molecule has 0 saturated carbocycles. The summed E-state index contributed by atoms with van der Waals surface area (Å²) in [6.07, 6.45) is -4.83. The van der Waals surface area contributed by atoms with Crippen molar-refractivity contribution in [1.82, 2.24) is 4.90 Å². The molecule has 0 fully saturated rings. The van der Waals surface area contributed by atoms with Crippen LogP contribution in [-0.4, -0.2) is 30.6 Å². The van der Waals surface area contributed by atoms with Gasteiger partial charge in [0.2, 0.25) is 0 Å². The fourth-order valence-electron chi connectivity index (χ4n) is 1.46. The first-order valence-electron chi connectivity index (χ1n) is 5.37. The second-order valence-corrected chi connectivity index (χ2v) is 3.67. The van der Waals surface area contributed by atoms with E-state index in [0.717, 1.165) is 4.90 Å². The lowest BCUT2D eigenvalue weighted by atomic mass is 10.2. The van der Waals surface area contributed by atoms with Crippen LogP contribution >= 0.6 is 0 Å². The number of alkyl halides is 3. The molecule has 0 aromatic heterocycles. The van der Waals surface area contributed by atoms with E-state index in [1.165, 1.54) is 14.0 Å². The molecule has 0 aliphatic rings. The highest BCUT2D eigenvalue weighted by Gasteiger charge is 2.41. The third kappa shape index (κ3) is 3.65. The summed E-state index contributed by atoms with van der Waals surface area (Å²) in [5.41, 5.74) is 0.621. The van der Waals surface area contributed by atoms with Crippen molar-refractivity contribution in [2.75, 3.05) is 13.7 Å². The van der Waals surface area contributed by atoms with Crippen molar-refractivity contribution in [3.63, 3.8) is 0 Å². The standard InChI is InChI=1S/C12H14F3NO2/c1-3-16(11(17)12(13,14)15)8-9-4-6-10(18-2)7-5-9/h4-7H,3,8H2,1-2H3. The molecule has 0 atom stereocenters. The monoisotopic (exact) mass is 261 g/mol. The number of nitrogens with zero attached hydrogens (tertiary/aromatic N) is 1. The zero-order chi connectivity index (χ0) is 13.8. The van der Waals surface area contributed by atoms with Crippen LogP contribution in [0.3, 0.4) is 0 Å². The Morgan fingerprint density at radius 3 is 2.22 bits per heavy atom. The molecule has 0 heterocycles. The zero-order valence-electron chi connectivity index (χ0n) is 10.1. The van der Waals surface area contributed by atoms with Gasteiger partial charge in [-0.05, 0) is 24.6 Å². The molecule has 0 N–H and O–H groups in total. The minimum Gasteiger partial charge on any atom is -0.497 e. The molecule has 6 heteroatoms. The van der Waals surface area contributed by atoms with Crippen LogP contribution < -0.4 is 4.74 Å². The number of methoxy groups -OCH3 is 1. The highest BCUT2D eigenvalue weighted by molar-refractivity contribution is 5.81. The highest BCUT2D eigenvalue weighted by atomic mass is 19.4. The number of amides is 1. The van der Waals surface area contributed by atoms with Gasteiger partial charge in [-0.3, -0.25) is 4.79 Å². The number of carbonyl (C=O) groups excluding carboxylic acids is 1. The lowest BCUT2D eigenvalue weighted by Crippen LogP contribution is -2.40. The number of rotatable bonds is 4. The van der Waals surface area contributed by atoms with Crippen molar-refractivity contribution in [2.45, 2.75) is 19.6 Å². The van der Waals surface area contributed by atoms with Gasteiger partial charge in [0.15, 0.2) is 0 Å². The predicted molar refractivity (Wildman–Crippen MR) is 60.1 cm³/mol. The number of benzene rings is 1. The van der Waals surface area contributed by atoms with E-state index in [2.05, 4.69) is 0 Å². The van der Waals surface area contributed by atoms with E-state index in [-0.39, 0.29) is 13.1 Å². The average Bonchev–Trinajstić information content (AvgIpc) is 2.34. The maximum atomic E-state index is 12.3. The molecule has 1 aromatic rings. The van der Waals surface area contributed by atoms with E-state index in [4.69, 9.17) is 4.74 Å². The summed E-state index contributed by atoms with van der Waals surface area (Å²) >= 11 is 0. The second-order valence-electron chi connectivity index (χ2n) is 3.67. The number of hydrogen-bond acceptors (Lipinski definition) is 2. The molecule has 0 unspecified atom stereocenters. The van der Waals surface area contributed by atoms with Crippen LogP contribution in [0.1, 0.15) is 12.5 Å². The van der Waals surface area contributed by atoms with E-state index >= 15 is 0 Å². The first kappa shape index (κ1) is 14.3. The summed E-state index contributed by atoms with van der Waals surface area (Å²) < 4.78 is 41.8. The summed E-state index contributed by atoms with van der Waals surface area (Å²) in [5.74, 6) is -1.20. The molecule has 0 aliphatic carbocycles. The molecule has 1 rings (SSSR count). The van der Waals surface area contributed by atoms with Crippen LogP contribution in [0.15, 0.2) is 24.3 Å². The Labute approximate surface area is 103 Å². The van der Waals surface area contributed by atoms with E-state index in [0.29, 0.717) is 11.3 Å². The lowest BCUT2D eigenvalue weighted by Gasteiger charge is -2.22. The van der Waals surface area contributed by atoms with Crippen molar-refractivity contribution in [3.05, 3.63) is 29.8 Å². The first-order valence-corrected chi connectivity index (χ1v) is 5.37. The van der Waals surface area contributed by atoms with Crippen LogP contribution in [0, 0.1) is 0 Å². The Morgan fingerprint density at radius 2 is 1.83 bits per heavy atom. The van der Waals surface area contributed by atoms with Crippen LogP contribution in [0.5, 0.6) is 5.75 Å². The summed E-state index contributed by atoms with van der Waals surface area (Å²) in [7, 11) is 1.50. The molecule has 0 aliphatic heterocycles. The minimum atomic E-state index is -4.83. The first-order chi connectivity index (χ1) is 8.38. The van der Waals surface area contributed by atoms with Gasteiger partial charge in [0.05, 0.1) is 7.11 Å². The molecule has 1 aromatic carbocycles. The quantitative estimate of drug-likeness (QED) is 0.833. The van der Waals surface area contributed by atoms with Gasteiger partial charge in [0, 0.05) is 13.1 Å². The van der Waals surface area contributed by atoms with Gasteiger partial charge in [-0.15, -0.1) is 0 Å². The van der Waals surface area contributed by atoms with Crippen molar-refractivity contribution >= 4 is 5.91 Å². The van der Waals surface area contributed by atoms with Crippen LogP contribution in [0.25, 0.3) is 0 Å². The topological polar surface area (TPSA) is 29.5 Å². The fourth-order valence-corrected chi connectivity index (χ4v) is 1.46. The molecular weight excluding hydrogens is 247 g/mol. The Balaban J connectivity index is 2.76. The number of hydrogen-bond donors (Lipinski definition) is 0. The molecular formula is C12H14F3NO2. The third-order valence-electron chi connectivity index (χ3n) is 2.44. The Morgan fingerprint density at radius 1 is 1.28 bits per heavy atom.